The first-order valence-electron chi connectivity index (χ1n) is 11.2. The number of carbonyl (C=O) groups excluding carboxylic acids is 1. The molecule has 0 aliphatic carbocycles. The van der Waals surface area contributed by atoms with Crippen molar-refractivity contribution in [3.63, 3.8) is 0 Å². The number of amides is 1. The summed E-state index contributed by atoms with van der Waals surface area (Å²) in [6.07, 6.45) is 3.79. The highest BCUT2D eigenvalue weighted by molar-refractivity contribution is 7.80. The average molecular weight is 472 g/mol. The number of methoxy groups -OCH3 is 1. The van der Waals surface area contributed by atoms with Gasteiger partial charge in [0.15, 0.2) is 10.5 Å². The number of nitrogens with zero attached hydrogens (tertiary/aromatic N) is 3. The van der Waals surface area contributed by atoms with Crippen molar-refractivity contribution in [2.24, 2.45) is 5.10 Å². The number of aromatic nitrogens is 2. The third kappa shape index (κ3) is 5.05. The summed E-state index contributed by atoms with van der Waals surface area (Å²) in [7, 11) is 1.64. The van der Waals surface area contributed by atoms with E-state index in [1.807, 2.05) is 65.3 Å². The van der Waals surface area contributed by atoms with Crippen LogP contribution in [0.15, 0.2) is 84.0 Å². The van der Waals surface area contributed by atoms with Gasteiger partial charge in [0.2, 0.25) is 5.52 Å². The van der Waals surface area contributed by atoms with Crippen LogP contribution in [-0.2, 0) is 6.54 Å². The molecule has 0 saturated carbocycles. The minimum absolute atomic E-state index is 0.247. The van der Waals surface area contributed by atoms with Crippen molar-refractivity contribution < 1.29 is 14.1 Å². The van der Waals surface area contributed by atoms with Crippen LogP contribution in [0.1, 0.15) is 41.5 Å². The highest BCUT2D eigenvalue weighted by atomic mass is 32.1. The molecule has 0 fully saturated rings. The summed E-state index contributed by atoms with van der Waals surface area (Å²) < 4.78 is 9.19. The summed E-state index contributed by atoms with van der Waals surface area (Å²) in [6, 6.07) is 24.8. The normalized spacial score (nSPS) is 11.1. The van der Waals surface area contributed by atoms with Gasteiger partial charge in [-0.2, -0.15) is 0 Å². The molecular weight excluding hydrogens is 444 g/mol. The fourth-order valence-electron chi connectivity index (χ4n) is 3.73. The molecule has 0 aliphatic rings. The van der Waals surface area contributed by atoms with Crippen LogP contribution >= 0.6 is 12.2 Å². The second-order valence-electron chi connectivity index (χ2n) is 7.80. The Bertz CT molecular complexity index is 1330. The van der Waals surface area contributed by atoms with Crippen molar-refractivity contribution in [2.75, 3.05) is 7.11 Å². The van der Waals surface area contributed by atoms with E-state index in [1.165, 1.54) is 0 Å². The molecule has 0 radical (unpaired) electrons. The molecule has 6 nitrogen and oxygen atoms in total. The SMILES string of the molecule is CCCC[n+]1c(C(=S)NC(=O)c2ccccc2)n(/N=C/c2ccc(OC)cc2)c2ccccc21. The minimum atomic E-state index is -0.247. The van der Waals surface area contributed by atoms with Crippen molar-refractivity contribution in [2.45, 2.75) is 26.3 Å². The molecule has 3 aromatic carbocycles. The van der Waals surface area contributed by atoms with Gasteiger partial charge in [0.1, 0.15) is 5.75 Å². The van der Waals surface area contributed by atoms with Crippen molar-refractivity contribution >= 4 is 40.4 Å². The van der Waals surface area contributed by atoms with Crippen LogP contribution in [0.25, 0.3) is 11.0 Å². The molecule has 0 unspecified atom stereocenters. The van der Waals surface area contributed by atoms with E-state index in [-0.39, 0.29) is 5.91 Å². The number of benzene rings is 3. The lowest BCUT2D eigenvalue weighted by Gasteiger charge is -2.06. The van der Waals surface area contributed by atoms with E-state index in [4.69, 9.17) is 22.1 Å². The number of ether oxygens (including phenoxy) is 1. The molecule has 7 heteroatoms. The Kier molecular flexibility index (Phi) is 7.44. The molecule has 0 bridgehead atoms. The van der Waals surface area contributed by atoms with E-state index in [0.717, 1.165) is 41.7 Å². The van der Waals surface area contributed by atoms with Gasteiger partial charge in [0.05, 0.1) is 19.9 Å². The Balaban J connectivity index is 1.78. The molecule has 34 heavy (non-hydrogen) atoms. The second-order valence-corrected chi connectivity index (χ2v) is 8.20. The molecule has 0 saturated heterocycles. The number of imidazole rings is 1. The van der Waals surface area contributed by atoms with Gasteiger partial charge in [-0.25, -0.2) is 4.57 Å². The fourth-order valence-corrected chi connectivity index (χ4v) is 4.02. The maximum absolute atomic E-state index is 12.9. The largest absolute Gasteiger partial charge is 0.497 e. The van der Waals surface area contributed by atoms with Crippen LogP contribution in [0.4, 0.5) is 0 Å². The van der Waals surface area contributed by atoms with Gasteiger partial charge in [0.25, 0.3) is 5.91 Å². The maximum atomic E-state index is 12.9. The number of nitrogens with one attached hydrogen (secondary N) is 1. The van der Waals surface area contributed by atoms with E-state index in [1.54, 1.807) is 25.5 Å². The minimum Gasteiger partial charge on any atom is -0.497 e. The lowest BCUT2D eigenvalue weighted by molar-refractivity contribution is -0.673. The van der Waals surface area contributed by atoms with Crippen LogP contribution in [0.5, 0.6) is 5.75 Å². The van der Waals surface area contributed by atoms with Gasteiger partial charge in [-0.05, 0) is 60.5 Å². The topological polar surface area (TPSA) is 59.5 Å². The third-order valence-corrected chi connectivity index (χ3v) is 5.78. The van der Waals surface area contributed by atoms with Crippen molar-refractivity contribution in [3.05, 3.63) is 95.8 Å². The number of rotatable bonds is 8. The molecule has 1 N–H and O–H groups in total. The number of fused-ring (bicyclic) bond motifs is 1. The smallest absolute Gasteiger partial charge is 0.343 e. The first-order valence-corrected chi connectivity index (χ1v) is 11.7. The van der Waals surface area contributed by atoms with Crippen LogP contribution in [0.3, 0.4) is 0 Å². The maximum Gasteiger partial charge on any atom is 0.343 e. The molecule has 1 heterocycles. The second kappa shape index (κ2) is 10.9. The average Bonchev–Trinajstić information content (AvgIpc) is 3.20. The molecule has 0 atom stereocenters. The van der Waals surface area contributed by atoms with Crippen LogP contribution in [0.2, 0.25) is 0 Å². The Labute approximate surface area is 204 Å². The number of thiocarbonyl (C=S) groups is 1. The van der Waals surface area contributed by atoms with E-state index >= 15 is 0 Å². The molecule has 4 rings (SSSR count). The summed E-state index contributed by atoms with van der Waals surface area (Å²) in [4.78, 5) is 13.2. The zero-order valence-corrected chi connectivity index (χ0v) is 20.1. The number of carbonyl (C=O) groups is 1. The monoisotopic (exact) mass is 471 g/mol. The number of hydrogen-bond donors (Lipinski definition) is 1. The zero-order valence-electron chi connectivity index (χ0n) is 19.3. The van der Waals surface area contributed by atoms with E-state index in [2.05, 4.69) is 22.9 Å². The predicted molar refractivity (Wildman–Crippen MR) is 139 cm³/mol. The van der Waals surface area contributed by atoms with Gasteiger partial charge in [-0.15, -0.1) is 0 Å². The van der Waals surface area contributed by atoms with Crippen molar-refractivity contribution in [1.29, 1.82) is 0 Å². The summed E-state index contributed by atoms with van der Waals surface area (Å²) in [5.74, 6) is 1.20. The zero-order chi connectivity index (χ0) is 23.9. The quantitative estimate of drug-likeness (QED) is 0.230. The van der Waals surface area contributed by atoms with Crippen LogP contribution in [0, 0.1) is 0 Å². The molecule has 0 aliphatic heterocycles. The van der Waals surface area contributed by atoms with Crippen molar-refractivity contribution in [1.82, 2.24) is 9.99 Å². The highest BCUT2D eigenvalue weighted by Gasteiger charge is 2.29. The van der Waals surface area contributed by atoms with Crippen LogP contribution < -0.4 is 14.6 Å². The Hall–Kier alpha value is -3.84. The fraction of sp³-hybridized carbons (Fsp3) is 0.185. The number of hydrogen-bond acceptors (Lipinski definition) is 4. The lowest BCUT2D eigenvalue weighted by atomic mass is 10.2. The Morgan fingerprint density at radius 2 is 1.76 bits per heavy atom. The number of unbranched alkanes of at least 4 members (excludes halogenated alkanes) is 1. The molecule has 1 aromatic heterocycles. The van der Waals surface area contributed by atoms with Crippen molar-refractivity contribution in [3.8, 4) is 5.75 Å². The highest BCUT2D eigenvalue weighted by Crippen LogP contribution is 2.17. The Morgan fingerprint density at radius 3 is 2.47 bits per heavy atom. The lowest BCUT2D eigenvalue weighted by Crippen LogP contribution is -2.44. The van der Waals surface area contributed by atoms with E-state index in [9.17, 15) is 4.79 Å². The summed E-state index contributed by atoms with van der Waals surface area (Å²) >= 11 is 5.76. The van der Waals surface area contributed by atoms with Gasteiger partial charge < -0.3 is 10.1 Å². The first kappa shape index (κ1) is 23.3. The molecule has 172 valence electrons. The standard InChI is InChI=1S/C27H26N4O2S/c1-3-4-18-30-23-12-8-9-13-24(23)31(28-19-20-14-16-22(33-2)17-15-20)27(30)26(34)29-25(32)21-10-6-5-7-11-21/h5-17,19H,3-4,18H2,1-2H3/p+1/b28-19+. The van der Waals surface area contributed by atoms with Gasteiger partial charge in [-0.3, -0.25) is 4.79 Å². The van der Waals surface area contributed by atoms with Gasteiger partial charge >= 0.3 is 5.82 Å². The summed E-state index contributed by atoms with van der Waals surface area (Å²) in [5, 5.41) is 7.69. The first-order chi connectivity index (χ1) is 16.6. The number of aryl methyl sites for hydroxylation is 1. The van der Waals surface area contributed by atoms with Crippen LogP contribution in [-0.4, -0.2) is 28.9 Å². The number of para-hydroxylation sites is 2. The molecule has 0 spiro atoms. The third-order valence-electron chi connectivity index (χ3n) is 5.50. The predicted octanol–water partition coefficient (Wildman–Crippen LogP) is 4.73. The Morgan fingerprint density at radius 1 is 1.06 bits per heavy atom. The molecule has 4 aromatic rings. The summed E-state index contributed by atoms with van der Waals surface area (Å²) in [5.41, 5.74) is 3.39. The molecule has 1 amide bonds. The van der Waals surface area contributed by atoms with Gasteiger partial charge in [0, 0.05) is 5.56 Å². The van der Waals surface area contributed by atoms with Gasteiger partial charge in [-0.1, -0.05) is 65.7 Å². The van der Waals surface area contributed by atoms with E-state index in [0.29, 0.717) is 16.4 Å². The summed E-state index contributed by atoms with van der Waals surface area (Å²) in [6.45, 7) is 2.91. The molecular formula is C27H27N4O2S+. The van der Waals surface area contributed by atoms with E-state index < -0.39 is 0 Å².